The van der Waals surface area contributed by atoms with Crippen LogP contribution in [0.25, 0.3) is 10.1 Å². The van der Waals surface area contributed by atoms with Crippen LogP contribution in [0.5, 0.6) is 0 Å². The van der Waals surface area contributed by atoms with E-state index in [9.17, 15) is 4.79 Å². The molecule has 3 nitrogen and oxygen atoms in total. The number of benzene rings is 1. The number of fused-ring (bicyclic) bond motifs is 1. The number of nitrogens with zero attached hydrogens (tertiary/aromatic N) is 1. The van der Waals surface area contributed by atoms with E-state index in [2.05, 4.69) is 17.5 Å². The van der Waals surface area contributed by atoms with E-state index >= 15 is 0 Å². The summed E-state index contributed by atoms with van der Waals surface area (Å²) in [4.78, 5) is 12.8. The molecule has 2 aromatic rings. The molecule has 0 aliphatic heterocycles. The normalized spacial score (nSPS) is 20.9. The van der Waals surface area contributed by atoms with Gasteiger partial charge >= 0.3 is 0 Å². The van der Waals surface area contributed by atoms with Gasteiger partial charge in [0.2, 0.25) is 0 Å². The van der Waals surface area contributed by atoms with Crippen LogP contribution in [0.3, 0.4) is 0 Å². The Balaban J connectivity index is 1.81. The molecule has 0 radical (unpaired) electrons. The van der Waals surface area contributed by atoms with E-state index < -0.39 is 0 Å². The summed E-state index contributed by atoms with van der Waals surface area (Å²) in [6.07, 6.45) is 4.53. The second-order valence-electron chi connectivity index (χ2n) is 5.43. The maximum Gasteiger partial charge on any atom is 0.283 e. The summed E-state index contributed by atoms with van der Waals surface area (Å²) in [5, 5.41) is 5.76. The fourth-order valence-electron chi connectivity index (χ4n) is 2.67. The number of nitrogens with one attached hydrogen (secondary N) is 1. The van der Waals surface area contributed by atoms with Crippen molar-refractivity contribution in [2.45, 2.75) is 32.6 Å². The lowest BCUT2D eigenvalue weighted by Gasteiger charge is -2.19. The average molecular weight is 321 g/mol. The molecule has 3 rings (SSSR count). The van der Waals surface area contributed by atoms with E-state index in [1.54, 1.807) is 0 Å². The summed E-state index contributed by atoms with van der Waals surface area (Å²) in [7, 11) is 0. The maximum absolute atomic E-state index is 12.3. The number of rotatable bonds is 2. The third-order valence-corrected chi connectivity index (χ3v) is 5.61. The predicted octanol–water partition coefficient (Wildman–Crippen LogP) is 4.85. The molecule has 5 heteroatoms. The van der Waals surface area contributed by atoms with Crippen molar-refractivity contribution >= 4 is 44.6 Å². The molecule has 1 atom stereocenters. The van der Waals surface area contributed by atoms with Crippen molar-refractivity contribution in [3.63, 3.8) is 0 Å². The first-order valence-corrected chi connectivity index (χ1v) is 8.40. The highest BCUT2D eigenvalue weighted by Crippen LogP contribution is 2.35. The summed E-state index contributed by atoms with van der Waals surface area (Å²) in [5.74, 6) is 0.239. The number of halogens is 1. The topological polar surface area (TPSA) is 41.5 Å². The van der Waals surface area contributed by atoms with E-state index in [1.165, 1.54) is 17.8 Å². The van der Waals surface area contributed by atoms with Gasteiger partial charge in [0.05, 0.1) is 5.02 Å². The quantitative estimate of drug-likeness (QED) is 0.789. The molecule has 1 N–H and O–H groups in total. The summed E-state index contributed by atoms with van der Waals surface area (Å²) in [6.45, 7) is 2.16. The number of carbonyl (C=O) groups is 1. The van der Waals surface area contributed by atoms with Crippen LogP contribution < -0.4 is 5.43 Å². The lowest BCUT2D eigenvalue weighted by Crippen LogP contribution is -2.23. The van der Waals surface area contributed by atoms with Crippen molar-refractivity contribution in [3.8, 4) is 0 Å². The number of hydrazone groups is 1. The number of hydrogen-bond donors (Lipinski definition) is 1. The summed E-state index contributed by atoms with van der Waals surface area (Å²) < 4.78 is 1.02. The van der Waals surface area contributed by atoms with Gasteiger partial charge in [-0.15, -0.1) is 11.3 Å². The second kappa shape index (κ2) is 6.16. The summed E-state index contributed by atoms with van der Waals surface area (Å²) >= 11 is 7.71. The minimum absolute atomic E-state index is 0.216. The molecular weight excluding hydrogens is 304 g/mol. The molecule has 21 heavy (non-hydrogen) atoms. The van der Waals surface area contributed by atoms with Gasteiger partial charge in [-0.1, -0.05) is 43.1 Å². The van der Waals surface area contributed by atoms with Gasteiger partial charge in [-0.2, -0.15) is 5.10 Å². The maximum atomic E-state index is 12.3. The third-order valence-electron chi connectivity index (χ3n) is 3.93. The van der Waals surface area contributed by atoms with Gasteiger partial charge in [0.25, 0.3) is 5.91 Å². The van der Waals surface area contributed by atoms with Crippen LogP contribution in [-0.4, -0.2) is 11.6 Å². The van der Waals surface area contributed by atoms with Gasteiger partial charge in [-0.25, -0.2) is 5.43 Å². The smallest absolute Gasteiger partial charge is 0.266 e. The van der Waals surface area contributed by atoms with Gasteiger partial charge in [0, 0.05) is 15.8 Å². The molecule has 1 saturated carbocycles. The first kappa shape index (κ1) is 14.5. The molecule has 0 saturated heterocycles. The molecule has 1 aliphatic rings. The van der Waals surface area contributed by atoms with Crippen molar-refractivity contribution in [1.29, 1.82) is 0 Å². The van der Waals surface area contributed by atoms with Crippen molar-refractivity contribution in [3.05, 3.63) is 34.2 Å². The summed E-state index contributed by atoms with van der Waals surface area (Å²) in [5.41, 5.74) is 3.77. The first-order valence-electron chi connectivity index (χ1n) is 7.20. The zero-order chi connectivity index (χ0) is 14.8. The second-order valence-corrected chi connectivity index (χ2v) is 6.86. The van der Waals surface area contributed by atoms with Crippen LogP contribution in [0.4, 0.5) is 0 Å². The molecule has 1 aromatic heterocycles. The number of amides is 1. The molecule has 1 aromatic carbocycles. The molecule has 0 bridgehead atoms. The van der Waals surface area contributed by atoms with Gasteiger partial charge in [0.1, 0.15) is 4.88 Å². The third kappa shape index (κ3) is 2.97. The standard InChI is InChI=1S/C16H17ClN2OS/c1-10-6-2-4-8-12(10)18-19-16(20)15-14(17)11-7-3-5-9-13(11)21-15/h3,5,7,9-10H,2,4,6,8H2,1H3,(H,19,20)/b18-12+. The SMILES string of the molecule is CC1CCCC/C1=N\NC(=O)c1sc2ccccc2c1Cl. The first-order chi connectivity index (χ1) is 10.2. The highest BCUT2D eigenvalue weighted by molar-refractivity contribution is 7.21. The largest absolute Gasteiger partial charge is 0.283 e. The van der Waals surface area contributed by atoms with Crippen LogP contribution in [0.2, 0.25) is 5.02 Å². The zero-order valence-corrected chi connectivity index (χ0v) is 13.4. The van der Waals surface area contributed by atoms with E-state index in [0.717, 1.165) is 35.1 Å². The number of thiophene rings is 1. The Bertz CT molecular complexity index is 707. The van der Waals surface area contributed by atoms with E-state index in [1.807, 2.05) is 24.3 Å². The Morgan fingerprint density at radius 2 is 2.19 bits per heavy atom. The Kier molecular flexibility index (Phi) is 4.27. The molecule has 1 aliphatic carbocycles. The number of carbonyl (C=O) groups excluding carboxylic acids is 1. The van der Waals surface area contributed by atoms with E-state index in [4.69, 9.17) is 11.6 Å². The Morgan fingerprint density at radius 1 is 1.38 bits per heavy atom. The fourth-order valence-corrected chi connectivity index (χ4v) is 4.08. The Morgan fingerprint density at radius 3 is 2.95 bits per heavy atom. The van der Waals surface area contributed by atoms with E-state index in [-0.39, 0.29) is 5.91 Å². The van der Waals surface area contributed by atoms with Crippen LogP contribution in [0, 0.1) is 5.92 Å². The van der Waals surface area contributed by atoms with Crippen molar-refractivity contribution in [2.24, 2.45) is 11.0 Å². The molecule has 1 unspecified atom stereocenters. The molecule has 1 fully saturated rings. The van der Waals surface area contributed by atoms with Gasteiger partial charge < -0.3 is 0 Å². The Labute approximate surface area is 133 Å². The highest BCUT2D eigenvalue weighted by Gasteiger charge is 2.19. The van der Waals surface area contributed by atoms with Crippen LogP contribution in [0.15, 0.2) is 29.4 Å². The lowest BCUT2D eigenvalue weighted by atomic mass is 9.89. The lowest BCUT2D eigenvalue weighted by molar-refractivity contribution is 0.0958. The minimum Gasteiger partial charge on any atom is -0.266 e. The minimum atomic E-state index is -0.216. The summed E-state index contributed by atoms with van der Waals surface area (Å²) in [6, 6.07) is 7.77. The zero-order valence-electron chi connectivity index (χ0n) is 11.9. The van der Waals surface area contributed by atoms with Crippen LogP contribution >= 0.6 is 22.9 Å². The predicted molar refractivity (Wildman–Crippen MR) is 89.4 cm³/mol. The molecule has 110 valence electrons. The molecule has 0 spiro atoms. The van der Waals surface area contributed by atoms with Gasteiger partial charge in [0.15, 0.2) is 0 Å². The Hall–Kier alpha value is -1.39. The van der Waals surface area contributed by atoms with Gasteiger partial charge in [-0.05, 0) is 31.2 Å². The van der Waals surface area contributed by atoms with Crippen LogP contribution in [0.1, 0.15) is 42.3 Å². The molecule has 1 amide bonds. The average Bonchev–Trinajstić information content (AvgIpc) is 2.84. The fraction of sp³-hybridized carbons (Fsp3) is 0.375. The molecular formula is C16H17ClN2OS. The van der Waals surface area contributed by atoms with Crippen molar-refractivity contribution in [1.82, 2.24) is 5.43 Å². The van der Waals surface area contributed by atoms with Gasteiger partial charge in [-0.3, -0.25) is 4.79 Å². The molecule has 1 heterocycles. The highest BCUT2D eigenvalue weighted by atomic mass is 35.5. The van der Waals surface area contributed by atoms with E-state index in [0.29, 0.717) is 15.8 Å². The van der Waals surface area contributed by atoms with Crippen LogP contribution in [-0.2, 0) is 0 Å². The monoisotopic (exact) mass is 320 g/mol. The van der Waals surface area contributed by atoms with Crippen molar-refractivity contribution < 1.29 is 4.79 Å². The van der Waals surface area contributed by atoms with Crippen molar-refractivity contribution in [2.75, 3.05) is 0 Å². The number of hydrogen-bond acceptors (Lipinski definition) is 3.